The fourth-order valence-electron chi connectivity index (χ4n) is 6.92. The van der Waals surface area contributed by atoms with Crippen molar-refractivity contribution in [2.45, 2.75) is 68.7 Å². The summed E-state index contributed by atoms with van der Waals surface area (Å²) in [5.41, 5.74) is 5.39. The molecule has 2 saturated heterocycles. The molecule has 2 fully saturated rings. The van der Waals surface area contributed by atoms with E-state index in [1.807, 2.05) is 13.8 Å². The Balaban J connectivity index is 1.61. The van der Waals surface area contributed by atoms with Crippen LogP contribution < -0.4 is 21.7 Å². The number of phenolic OH excluding ortho intramolecular Hbond substituents is 2. The van der Waals surface area contributed by atoms with Gasteiger partial charge in [-0.1, -0.05) is 13.8 Å². The van der Waals surface area contributed by atoms with Gasteiger partial charge in [-0.2, -0.15) is 5.11 Å². The predicted octanol–water partition coefficient (Wildman–Crippen LogP) is 3.26. The van der Waals surface area contributed by atoms with Gasteiger partial charge in [-0.25, -0.2) is 13.2 Å². The number of sulfone groups is 1. The molecule has 0 bridgehead atoms. The van der Waals surface area contributed by atoms with E-state index in [1.54, 1.807) is 13.0 Å². The molecule has 0 spiro atoms. The largest absolute Gasteiger partial charge is 0.508 e. The zero-order valence-corrected chi connectivity index (χ0v) is 28.5. The fourth-order valence-corrected chi connectivity index (χ4v) is 8.63. The SMILES string of the molecule is CCNC(=O)c1cc(S(=O)(=O)C2CC(C(=O)C3(COC(N)=O)CCNCC3)CCN2)cc(-c2cc(C(C)C)c(O)cc2O)c1C1C=NN=N1. The maximum absolute atomic E-state index is 14.5. The number of benzene rings is 2. The second-order valence-electron chi connectivity index (χ2n) is 13.0. The first-order valence-corrected chi connectivity index (χ1v) is 17.9. The maximum atomic E-state index is 14.5. The molecule has 2 aromatic carbocycles. The van der Waals surface area contributed by atoms with Crippen molar-refractivity contribution in [3.05, 3.63) is 41.0 Å². The average Bonchev–Trinajstić information content (AvgIpc) is 3.62. The second-order valence-corrected chi connectivity index (χ2v) is 15.1. The number of hydrogen-bond donors (Lipinski definition) is 6. The Morgan fingerprint density at radius 3 is 2.45 bits per heavy atom. The number of nitrogens with one attached hydrogen (secondary N) is 3. The first-order valence-electron chi connectivity index (χ1n) is 16.4. The van der Waals surface area contributed by atoms with Gasteiger partial charge in [0.1, 0.15) is 35.3 Å². The number of primary amides is 1. The minimum Gasteiger partial charge on any atom is -0.508 e. The van der Waals surface area contributed by atoms with Crippen LogP contribution in [0.3, 0.4) is 0 Å². The molecule has 5 rings (SSSR count). The van der Waals surface area contributed by atoms with E-state index in [4.69, 9.17) is 10.5 Å². The molecular formula is C33H43N7O8S. The Morgan fingerprint density at radius 1 is 1.08 bits per heavy atom. The number of carbonyl (C=O) groups excluding carboxylic acids is 3. The number of hydrogen-bond acceptors (Lipinski definition) is 13. The highest BCUT2D eigenvalue weighted by Crippen LogP contribution is 2.44. The van der Waals surface area contributed by atoms with E-state index >= 15 is 0 Å². The Kier molecular flexibility index (Phi) is 10.7. The van der Waals surface area contributed by atoms with Crippen molar-refractivity contribution in [2.75, 3.05) is 32.8 Å². The highest BCUT2D eigenvalue weighted by molar-refractivity contribution is 7.92. The minimum absolute atomic E-state index is 0.00510. The Morgan fingerprint density at radius 2 is 1.82 bits per heavy atom. The van der Waals surface area contributed by atoms with Crippen molar-refractivity contribution >= 4 is 33.8 Å². The zero-order valence-electron chi connectivity index (χ0n) is 27.7. The first-order chi connectivity index (χ1) is 23.3. The van der Waals surface area contributed by atoms with Crippen LogP contribution in [0.1, 0.15) is 79.9 Å². The zero-order chi connectivity index (χ0) is 35.5. The number of nitrogens with zero attached hydrogens (tertiary/aromatic N) is 3. The summed E-state index contributed by atoms with van der Waals surface area (Å²) in [4.78, 5) is 38.9. The summed E-state index contributed by atoms with van der Waals surface area (Å²) in [6.45, 7) is 6.81. The van der Waals surface area contributed by atoms with E-state index in [0.717, 1.165) is 0 Å². The third-order valence-corrected chi connectivity index (χ3v) is 11.5. The van der Waals surface area contributed by atoms with Crippen molar-refractivity contribution < 1.29 is 37.8 Å². The van der Waals surface area contributed by atoms with E-state index in [1.165, 1.54) is 24.4 Å². The lowest BCUT2D eigenvalue weighted by molar-refractivity contribution is -0.138. The Labute approximate surface area is 284 Å². The number of carbonyl (C=O) groups is 3. The van der Waals surface area contributed by atoms with Gasteiger partial charge in [0.15, 0.2) is 9.84 Å². The van der Waals surface area contributed by atoms with Crippen LogP contribution in [0.5, 0.6) is 11.5 Å². The molecule has 2 amide bonds. The molecule has 3 atom stereocenters. The molecule has 0 aromatic heterocycles. The van der Waals surface area contributed by atoms with E-state index in [2.05, 4.69) is 31.4 Å². The molecule has 49 heavy (non-hydrogen) atoms. The fraction of sp³-hybridized carbons (Fsp3) is 0.515. The second kappa shape index (κ2) is 14.6. The standard InChI is InChI=1S/C33H43N7O8S/c1-4-36-31(44)24-13-20(12-23(29(24)25-16-38-40-39-25)22-14-21(18(2)3)26(41)15-27(22)42)49(46,47)28-11-19(5-8-37-28)30(43)33(17-48-32(34)45)6-9-35-10-7-33/h12-16,18-19,25,28,35,37,41-42H,4-11,17H2,1-3H3,(H2,34,45)(H,36,44). The van der Waals surface area contributed by atoms with Gasteiger partial charge >= 0.3 is 6.09 Å². The molecule has 2 aromatic rings. The molecule has 0 radical (unpaired) electrons. The minimum atomic E-state index is -4.27. The van der Waals surface area contributed by atoms with E-state index < -0.39 is 44.6 Å². The quantitative estimate of drug-likeness (QED) is 0.200. The maximum Gasteiger partial charge on any atom is 0.404 e. The summed E-state index contributed by atoms with van der Waals surface area (Å²) in [6, 6.07) is 4.55. The lowest BCUT2D eigenvalue weighted by atomic mass is 9.70. The number of phenols is 2. The van der Waals surface area contributed by atoms with Crippen molar-refractivity contribution in [3.8, 4) is 22.6 Å². The van der Waals surface area contributed by atoms with Gasteiger partial charge in [-0.15, -0.1) is 5.10 Å². The van der Waals surface area contributed by atoms with Crippen LogP contribution in [0.4, 0.5) is 4.79 Å². The lowest BCUT2D eigenvalue weighted by Crippen LogP contribution is -2.52. The number of nitrogens with two attached hydrogens (primary N) is 1. The van der Waals surface area contributed by atoms with Crippen molar-refractivity contribution in [1.82, 2.24) is 16.0 Å². The molecule has 3 aliphatic heterocycles. The van der Waals surface area contributed by atoms with Crippen LogP contribution in [0, 0.1) is 11.3 Å². The average molecular weight is 698 g/mol. The van der Waals surface area contributed by atoms with Gasteiger partial charge in [0, 0.05) is 35.2 Å². The molecule has 16 heteroatoms. The number of ether oxygens (including phenoxy) is 1. The molecule has 3 unspecified atom stereocenters. The molecular weight excluding hydrogens is 654 g/mol. The van der Waals surface area contributed by atoms with E-state index in [0.29, 0.717) is 37.9 Å². The molecule has 3 aliphatic rings. The molecule has 15 nitrogen and oxygen atoms in total. The molecule has 7 N–H and O–H groups in total. The normalized spacial score (nSPS) is 21.8. The van der Waals surface area contributed by atoms with Crippen LogP contribution >= 0.6 is 0 Å². The molecule has 0 saturated carbocycles. The number of piperidine rings is 2. The topological polar surface area (TPSA) is 234 Å². The van der Waals surface area contributed by atoms with Crippen LogP contribution in [-0.2, 0) is 19.4 Å². The summed E-state index contributed by atoms with van der Waals surface area (Å²) in [6.07, 6.45) is 1.59. The van der Waals surface area contributed by atoms with Crippen molar-refractivity contribution in [2.24, 2.45) is 32.5 Å². The smallest absolute Gasteiger partial charge is 0.404 e. The van der Waals surface area contributed by atoms with Gasteiger partial charge in [0.2, 0.25) is 0 Å². The van der Waals surface area contributed by atoms with Crippen LogP contribution in [0.15, 0.2) is 44.6 Å². The Hall–Kier alpha value is -4.41. The van der Waals surface area contributed by atoms with Crippen molar-refractivity contribution in [3.63, 3.8) is 0 Å². The van der Waals surface area contributed by atoms with Gasteiger partial charge in [-0.05, 0) is 92.7 Å². The predicted molar refractivity (Wildman–Crippen MR) is 180 cm³/mol. The number of rotatable bonds is 11. The van der Waals surface area contributed by atoms with Crippen LogP contribution in [0.2, 0.25) is 0 Å². The molecule has 3 heterocycles. The highest BCUT2D eigenvalue weighted by atomic mass is 32.2. The van der Waals surface area contributed by atoms with Crippen LogP contribution in [-0.4, -0.2) is 80.8 Å². The highest BCUT2D eigenvalue weighted by Gasteiger charge is 2.46. The Bertz CT molecular complexity index is 1780. The van der Waals surface area contributed by atoms with Gasteiger partial charge in [0.25, 0.3) is 5.91 Å². The van der Waals surface area contributed by atoms with Gasteiger partial charge in [-0.3, -0.25) is 9.59 Å². The van der Waals surface area contributed by atoms with E-state index in [9.17, 15) is 33.0 Å². The summed E-state index contributed by atoms with van der Waals surface area (Å²) in [5.74, 6) is -2.02. The number of aromatic hydroxyl groups is 2. The van der Waals surface area contributed by atoms with E-state index in [-0.39, 0.29) is 76.5 Å². The summed E-state index contributed by atoms with van der Waals surface area (Å²) < 4.78 is 34.2. The van der Waals surface area contributed by atoms with Gasteiger partial charge < -0.3 is 36.6 Å². The molecule has 264 valence electrons. The third kappa shape index (κ3) is 7.31. The first kappa shape index (κ1) is 35.9. The monoisotopic (exact) mass is 697 g/mol. The van der Waals surface area contributed by atoms with Gasteiger partial charge in [0.05, 0.1) is 16.5 Å². The number of amides is 2. The van der Waals surface area contributed by atoms with Crippen LogP contribution in [0.25, 0.3) is 11.1 Å². The summed E-state index contributed by atoms with van der Waals surface area (Å²) >= 11 is 0. The lowest BCUT2D eigenvalue weighted by Gasteiger charge is -2.40. The summed E-state index contributed by atoms with van der Waals surface area (Å²) in [7, 11) is -4.27. The number of Topliss-reactive ketones (excluding diaryl/α,β-unsaturated/α-hetero) is 1. The number of ketones is 1. The molecule has 0 aliphatic carbocycles. The summed E-state index contributed by atoms with van der Waals surface area (Å²) in [5, 5.41) is 41.2. The third-order valence-electron chi connectivity index (χ3n) is 9.54. The van der Waals surface area contributed by atoms with Crippen molar-refractivity contribution in [1.29, 1.82) is 0 Å².